The Balaban J connectivity index is 2.01. The SMILES string of the molecule is CN1C(=O)C2=C(C1=O)N(c1ccccc1)C(=O)C(C#N)C2c1ccccc1. The number of hydrogen-bond acceptors (Lipinski definition) is 4. The van der Waals surface area contributed by atoms with Gasteiger partial charge in [-0.25, -0.2) is 0 Å². The van der Waals surface area contributed by atoms with Gasteiger partial charge in [0.1, 0.15) is 11.6 Å². The molecule has 0 saturated heterocycles. The second-order valence-corrected chi connectivity index (χ2v) is 6.44. The van der Waals surface area contributed by atoms with Gasteiger partial charge in [-0.3, -0.25) is 24.2 Å². The van der Waals surface area contributed by atoms with E-state index < -0.39 is 29.6 Å². The van der Waals surface area contributed by atoms with Crippen molar-refractivity contribution in [3.8, 4) is 6.07 Å². The van der Waals surface area contributed by atoms with Crippen molar-refractivity contribution in [2.45, 2.75) is 5.92 Å². The van der Waals surface area contributed by atoms with E-state index in [9.17, 15) is 19.6 Å². The molecule has 0 bridgehead atoms. The molecule has 3 amide bonds. The molecule has 2 aromatic carbocycles. The Morgan fingerprint density at radius 3 is 2.07 bits per heavy atom. The van der Waals surface area contributed by atoms with Crippen LogP contribution in [0.2, 0.25) is 0 Å². The van der Waals surface area contributed by atoms with Crippen molar-refractivity contribution in [1.29, 1.82) is 5.26 Å². The van der Waals surface area contributed by atoms with Gasteiger partial charge in [0.05, 0.1) is 11.6 Å². The molecule has 0 N–H and O–H groups in total. The summed E-state index contributed by atoms with van der Waals surface area (Å²) >= 11 is 0. The van der Waals surface area contributed by atoms with Gasteiger partial charge in [0.15, 0.2) is 0 Å². The number of para-hydroxylation sites is 1. The van der Waals surface area contributed by atoms with Crippen LogP contribution in [0.25, 0.3) is 0 Å². The van der Waals surface area contributed by atoms with Crippen molar-refractivity contribution in [3.05, 3.63) is 77.5 Å². The minimum absolute atomic E-state index is 0.0408. The van der Waals surface area contributed by atoms with Crippen molar-refractivity contribution in [3.63, 3.8) is 0 Å². The zero-order valence-corrected chi connectivity index (χ0v) is 14.5. The van der Waals surface area contributed by atoms with Crippen molar-refractivity contribution in [1.82, 2.24) is 4.90 Å². The average Bonchev–Trinajstić information content (AvgIpc) is 2.92. The maximum absolute atomic E-state index is 13.2. The first-order valence-corrected chi connectivity index (χ1v) is 8.46. The molecule has 2 aromatic rings. The van der Waals surface area contributed by atoms with E-state index in [1.165, 1.54) is 11.9 Å². The summed E-state index contributed by atoms with van der Waals surface area (Å²) in [6.45, 7) is 0. The molecule has 2 unspecified atom stereocenters. The number of imide groups is 1. The molecule has 2 heterocycles. The third-order valence-corrected chi connectivity index (χ3v) is 4.96. The van der Waals surface area contributed by atoms with Crippen LogP contribution in [0.3, 0.4) is 0 Å². The second-order valence-electron chi connectivity index (χ2n) is 6.44. The highest BCUT2D eigenvalue weighted by molar-refractivity contribution is 6.26. The molecule has 0 spiro atoms. The first-order chi connectivity index (χ1) is 13.1. The van der Waals surface area contributed by atoms with Gasteiger partial charge in [-0.15, -0.1) is 0 Å². The molecule has 2 atom stereocenters. The lowest BCUT2D eigenvalue weighted by Crippen LogP contribution is -2.44. The largest absolute Gasteiger partial charge is 0.278 e. The molecular formula is C21H15N3O3. The van der Waals surface area contributed by atoms with Gasteiger partial charge < -0.3 is 0 Å². The number of rotatable bonds is 2. The molecular weight excluding hydrogens is 342 g/mol. The van der Waals surface area contributed by atoms with Crippen molar-refractivity contribution >= 4 is 23.4 Å². The lowest BCUT2D eigenvalue weighted by Gasteiger charge is -2.34. The molecule has 0 aromatic heterocycles. The van der Waals surface area contributed by atoms with Crippen LogP contribution in [-0.4, -0.2) is 29.7 Å². The molecule has 6 nitrogen and oxygen atoms in total. The number of likely N-dealkylation sites (N-methyl/N-ethyl adjacent to an activating group) is 1. The summed E-state index contributed by atoms with van der Waals surface area (Å²) in [5, 5.41) is 9.77. The lowest BCUT2D eigenvalue weighted by atomic mass is 9.77. The van der Waals surface area contributed by atoms with Gasteiger partial charge in [-0.1, -0.05) is 48.5 Å². The summed E-state index contributed by atoms with van der Waals surface area (Å²) in [6.07, 6.45) is 0. The van der Waals surface area contributed by atoms with Crippen LogP contribution in [0, 0.1) is 17.2 Å². The highest BCUT2D eigenvalue weighted by Crippen LogP contribution is 2.45. The predicted octanol–water partition coefficient (Wildman–Crippen LogP) is 2.21. The van der Waals surface area contributed by atoms with E-state index in [0.29, 0.717) is 11.3 Å². The number of anilines is 1. The van der Waals surface area contributed by atoms with Crippen molar-refractivity contribution < 1.29 is 14.4 Å². The number of nitriles is 1. The topological polar surface area (TPSA) is 81.5 Å². The van der Waals surface area contributed by atoms with Crippen LogP contribution >= 0.6 is 0 Å². The van der Waals surface area contributed by atoms with Crippen LogP contribution in [0.15, 0.2) is 71.9 Å². The summed E-state index contributed by atoms with van der Waals surface area (Å²) in [5.41, 5.74) is 1.36. The zero-order chi connectivity index (χ0) is 19.1. The highest BCUT2D eigenvalue weighted by atomic mass is 16.2. The van der Waals surface area contributed by atoms with Crippen molar-refractivity contribution in [2.24, 2.45) is 5.92 Å². The van der Waals surface area contributed by atoms with E-state index in [2.05, 4.69) is 6.07 Å². The quantitative estimate of drug-likeness (QED) is 0.772. The normalized spacial score (nSPS) is 22.1. The van der Waals surface area contributed by atoms with E-state index in [0.717, 1.165) is 4.90 Å². The molecule has 2 aliphatic rings. The summed E-state index contributed by atoms with van der Waals surface area (Å²) in [5.74, 6) is -3.40. The van der Waals surface area contributed by atoms with Crippen LogP contribution in [0.5, 0.6) is 0 Å². The smallest absolute Gasteiger partial charge is 0.276 e. The Hall–Kier alpha value is -3.72. The minimum atomic E-state index is -1.10. The van der Waals surface area contributed by atoms with E-state index in [1.54, 1.807) is 54.6 Å². The Bertz CT molecular complexity index is 1020. The average molecular weight is 357 g/mol. The number of nitrogens with zero attached hydrogens (tertiary/aromatic N) is 3. The number of carbonyl (C=O) groups excluding carboxylic acids is 3. The Labute approximate surface area is 155 Å². The van der Waals surface area contributed by atoms with E-state index in [-0.39, 0.29) is 11.3 Å². The number of amides is 3. The summed E-state index contributed by atoms with van der Waals surface area (Å²) in [7, 11) is 1.39. The fourth-order valence-electron chi connectivity index (χ4n) is 3.69. The van der Waals surface area contributed by atoms with Crippen LogP contribution in [-0.2, 0) is 14.4 Å². The second kappa shape index (κ2) is 6.22. The third-order valence-electron chi connectivity index (χ3n) is 4.96. The fourth-order valence-corrected chi connectivity index (χ4v) is 3.69. The van der Waals surface area contributed by atoms with Gasteiger partial charge in [0, 0.05) is 18.7 Å². The van der Waals surface area contributed by atoms with Crippen LogP contribution < -0.4 is 4.90 Å². The van der Waals surface area contributed by atoms with Crippen molar-refractivity contribution in [2.75, 3.05) is 11.9 Å². The first-order valence-electron chi connectivity index (χ1n) is 8.46. The molecule has 0 radical (unpaired) electrons. The number of benzene rings is 2. The fraction of sp³-hybridized carbons (Fsp3) is 0.143. The molecule has 2 aliphatic heterocycles. The molecule has 0 fully saturated rings. The molecule has 0 saturated carbocycles. The molecule has 6 heteroatoms. The van der Waals surface area contributed by atoms with E-state index >= 15 is 0 Å². The summed E-state index contributed by atoms with van der Waals surface area (Å²) < 4.78 is 0. The van der Waals surface area contributed by atoms with Gasteiger partial charge >= 0.3 is 0 Å². The summed E-state index contributed by atoms with van der Waals surface area (Å²) in [6, 6.07) is 19.6. The predicted molar refractivity (Wildman–Crippen MR) is 97.0 cm³/mol. The van der Waals surface area contributed by atoms with Gasteiger partial charge in [-0.05, 0) is 17.7 Å². The van der Waals surface area contributed by atoms with Gasteiger partial charge in [0.2, 0.25) is 5.91 Å². The highest BCUT2D eigenvalue weighted by Gasteiger charge is 2.53. The number of hydrogen-bond donors (Lipinski definition) is 0. The van der Waals surface area contributed by atoms with E-state index in [1.807, 2.05) is 6.07 Å². The third kappa shape index (κ3) is 2.36. The van der Waals surface area contributed by atoms with Crippen LogP contribution in [0.4, 0.5) is 5.69 Å². The Morgan fingerprint density at radius 2 is 1.48 bits per heavy atom. The summed E-state index contributed by atoms with van der Waals surface area (Å²) in [4.78, 5) is 41.1. The minimum Gasteiger partial charge on any atom is -0.276 e. The standard InChI is InChI=1S/C21H15N3O3/c1-23-20(26)17-16(13-8-4-2-5-9-13)15(12-22)19(25)24(18(17)21(23)27)14-10-6-3-7-11-14/h2-11,15-16H,1H3. The maximum atomic E-state index is 13.2. The van der Waals surface area contributed by atoms with Crippen LogP contribution in [0.1, 0.15) is 11.5 Å². The molecule has 0 aliphatic carbocycles. The monoisotopic (exact) mass is 357 g/mol. The maximum Gasteiger partial charge on any atom is 0.278 e. The number of carbonyl (C=O) groups is 3. The Morgan fingerprint density at radius 1 is 0.889 bits per heavy atom. The first kappa shape index (κ1) is 16.7. The molecule has 27 heavy (non-hydrogen) atoms. The van der Waals surface area contributed by atoms with Gasteiger partial charge in [-0.2, -0.15) is 5.26 Å². The molecule has 132 valence electrons. The molecule has 4 rings (SSSR count). The zero-order valence-electron chi connectivity index (χ0n) is 14.5. The van der Waals surface area contributed by atoms with Gasteiger partial charge in [0.25, 0.3) is 11.8 Å². The Kier molecular flexibility index (Phi) is 3.85. The van der Waals surface area contributed by atoms with E-state index in [4.69, 9.17) is 0 Å². The lowest BCUT2D eigenvalue weighted by molar-refractivity contribution is -0.136.